The zero-order valence-corrected chi connectivity index (χ0v) is 10.5. The first-order valence-electron chi connectivity index (χ1n) is 5.44. The number of hydrogen-bond acceptors (Lipinski definition) is 4. The van der Waals surface area contributed by atoms with Crippen LogP contribution < -0.4 is 5.32 Å². The largest absolute Gasteiger partial charge is 0.480 e. The first-order chi connectivity index (χ1) is 8.63. The summed E-state index contributed by atoms with van der Waals surface area (Å²) in [4.78, 5) is 23.0. The number of aliphatic hydroxyl groups is 1. The molecule has 1 amide bonds. The molecule has 0 radical (unpaired) electrons. The second-order valence-electron chi connectivity index (χ2n) is 3.55. The molecule has 0 fully saturated rings. The van der Waals surface area contributed by atoms with E-state index in [9.17, 15) is 9.59 Å². The SMILES string of the molecule is O=C(CCSc1ccccc1)N[C@H](CO)C(=O)O. The lowest BCUT2D eigenvalue weighted by Crippen LogP contribution is -2.43. The third kappa shape index (κ3) is 5.20. The van der Waals surface area contributed by atoms with Gasteiger partial charge in [-0.15, -0.1) is 11.8 Å². The summed E-state index contributed by atoms with van der Waals surface area (Å²) >= 11 is 1.52. The number of carbonyl (C=O) groups excluding carboxylic acids is 1. The molecule has 98 valence electrons. The minimum atomic E-state index is -1.23. The molecule has 3 N–H and O–H groups in total. The standard InChI is InChI=1S/C12H15NO4S/c14-8-10(12(16)17)13-11(15)6-7-18-9-4-2-1-3-5-9/h1-5,10,14H,6-8H2,(H,13,15)(H,16,17)/t10-/m1/s1. The Kier molecular flexibility index (Phi) is 6.24. The number of amides is 1. The van der Waals surface area contributed by atoms with Crippen molar-refractivity contribution < 1.29 is 19.8 Å². The third-order valence-electron chi connectivity index (χ3n) is 2.16. The molecule has 0 saturated carbocycles. The number of hydrogen-bond donors (Lipinski definition) is 3. The molecule has 1 rings (SSSR count). The maximum absolute atomic E-state index is 11.4. The molecular weight excluding hydrogens is 254 g/mol. The molecule has 1 atom stereocenters. The van der Waals surface area contributed by atoms with Crippen molar-refractivity contribution in [3.05, 3.63) is 30.3 Å². The first-order valence-corrected chi connectivity index (χ1v) is 6.43. The van der Waals surface area contributed by atoms with Crippen molar-refractivity contribution in [3.8, 4) is 0 Å². The van der Waals surface area contributed by atoms with Crippen molar-refractivity contribution in [2.75, 3.05) is 12.4 Å². The number of aliphatic hydroxyl groups excluding tert-OH is 1. The van der Waals surface area contributed by atoms with E-state index in [4.69, 9.17) is 10.2 Å². The third-order valence-corrected chi connectivity index (χ3v) is 3.17. The number of carbonyl (C=O) groups is 2. The highest BCUT2D eigenvalue weighted by molar-refractivity contribution is 7.99. The van der Waals surface area contributed by atoms with Crippen molar-refractivity contribution >= 4 is 23.6 Å². The van der Waals surface area contributed by atoms with Crippen LogP contribution in [0.1, 0.15) is 6.42 Å². The van der Waals surface area contributed by atoms with E-state index in [-0.39, 0.29) is 12.3 Å². The van der Waals surface area contributed by atoms with E-state index < -0.39 is 18.6 Å². The van der Waals surface area contributed by atoms with Crippen LogP contribution >= 0.6 is 11.8 Å². The van der Waals surface area contributed by atoms with E-state index in [1.807, 2.05) is 30.3 Å². The minimum absolute atomic E-state index is 0.212. The zero-order chi connectivity index (χ0) is 13.4. The van der Waals surface area contributed by atoms with Gasteiger partial charge in [-0.1, -0.05) is 18.2 Å². The van der Waals surface area contributed by atoms with Gasteiger partial charge in [-0.25, -0.2) is 4.79 Å². The molecule has 0 aliphatic rings. The van der Waals surface area contributed by atoms with Gasteiger partial charge in [-0.3, -0.25) is 4.79 Å². The van der Waals surface area contributed by atoms with Gasteiger partial charge in [0, 0.05) is 17.1 Å². The number of rotatable bonds is 7. The summed E-state index contributed by atoms with van der Waals surface area (Å²) in [5.41, 5.74) is 0. The molecule has 1 aromatic rings. The van der Waals surface area contributed by atoms with Gasteiger partial charge in [0.2, 0.25) is 5.91 Å². The number of carboxylic acid groups (broad SMARTS) is 1. The van der Waals surface area contributed by atoms with E-state index in [2.05, 4.69) is 5.32 Å². The summed E-state index contributed by atoms with van der Waals surface area (Å²) in [5.74, 6) is -1.05. The van der Waals surface area contributed by atoms with Crippen LogP contribution in [0.3, 0.4) is 0 Å². The molecule has 0 saturated heterocycles. The van der Waals surface area contributed by atoms with Gasteiger partial charge in [-0.2, -0.15) is 0 Å². The zero-order valence-electron chi connectivity index (χ0n) is 9.70. The highest BCUT2D eigenvalue weighted by atomic mass is 32.2. The Hall–Kier alpha value is -1.53. The highest BCUT2D eigenvalue weighted by Gasteiger charge is 2.18. The molecule has 6 heteroatoms. The monoisotopic (exact) mass is 269 g/mol. The lowest BCUT2D eigenvalue weighted by atomic mass is 10.3. The lowest BCUT2D eigenvalue weighted by molar-refractivity contribution is -0.142. The second kappa shape index (κ2) is 7.73. The Morgan fingerprint density at radius 1 is 1.28 bits per heavy atom. The Balaban J connectivity index is 2.27. The predicted molar refractivity (Wildman–Crippen MR) is 68.4 cm³/mol. The fourth-order valence-electron chi connectivity index (χ4n) is 1.23. The Morgan fingerprint density at radius 3 is 2.50 bits per heavy atom. The Bertz CT molecular complexity index is 396. The van der Waals surface area contributed by atoms with Crippen LogP contribution in [0.15, 0.2) is 35.2 Å². The minimum Gasteiger partial charge on any atom is -0.480 e. The molecular formula is C12H15NO4S. The summed E-state index contributed by atoms with van der Waals surface area (Å²) in [6, 6.07) is 8.39. The maximum atomic E-state index is 11.4. The molecule has 0 unspecified atom stereocenters. The van der Waals surface area contributed by atoms with Crippen molar-refractivity contribution in [1.29, 1.82) is 0 Å². The van der Waals surface area contributed by atoms with Crippen LogP contribution in [-0.2, 0) is 9.59 Å². The smallest absolute Gasteiger partial charge is 0.328 e. The normalized spacial score (nSPS) is 11.8. The van der Waals surface area contributed by atoms with Crippen molar-refractivity contribution in [3.63, 3.8) is 0 Å². The van der Waals surface area contributed by atoms with E-state index in [0.29, 0.717) is 5.75 Å². The van der Waals surface area contributed by atoms with Gasteiger partial charge < -0.3 is 15.5 Å². The van der Waals surface area contributed by atoms with Gasteiger partial charge in [0.1, 0.15) is 6.04 Å². The summed E-state index contributed by atoms with van der Waals surface area (Å²) in [6.07, 6.45) is 0.212. The highest BCUT2D eigenvalue weighted by Crippen LogP contribution is 2.17. The van der Waals surface area contributed by atoms with Gasteiger partial charge in [-0.05, 0) is 12.1 Å². The Labute approximate surface area is 109 Å². The van der Waals surface area contributed by atoms with E-state index in [0.717, 1.165) is 4.90 Å². The average molecular weight is 269 g/mol. The van der Waals surface area contributed by atoms with Crippen molar-refractivity contribution in [2.45, 2.75) is 17.4 Å². The van der Waals surface area contributed by atoms with Crippen molar-refractivity contribution in [2.24, 2.45) is 0 Å². The number of thioether (sulfide) groups is 1. The van der Waals surface area contributed by atoms with Crippen LogP contribution in [0, 0.1) is 0 Å². The fourth-order valence-corrected chi connectivity index (χ4v) is 2.10. The number of nitrogens with one attached hydrogen (secondary N) is 1. The molecule has 0 heterocycles. The van der Waals surface area contributed by atoms with Gasteiger partial charge in [0.05, 0.1) is 6.61 Å². The van der Waals surface area contributed by atoms with E-state index >= 15 is 0 Å². The van der Waals surface area contributed by atoms with Crippen LogP contribution in [-0.4, -0.2) is 40.5 Å². The summed E-state index contributed by atoms with van der Waals surface area (Å²) in [5, 5.41) is 19.6. The van der Waals surface area contributed by atoms with E-state index in [1.165, 1.54) is 11.8 Å². The topological polar surface area (TPSA) is 86.6 Å². The van der Waals surface area contributed by atoms with Crippen LogP contribution in [0.4, 0.5) is 0 Å². The van der Waals surface area contributed by atoms with Gasteiger partial charge >= 0.3 is 5.97 Å². The lowest BCUT2D eigenvalue weighted by Gasteiger charge is -2.11. The summed E-state index contributed by atoms with van der Waals surface area (Å²) in [6.45, 7) is -0.604. The maximum Gasteiger partial charge on any atom is 0.328 e. The van der Waals surface area contributed by atoms with E-state index in [1.54, 1.807) is 0 Å². The van der Waals surface area contributed by atoms with Crippen LogP contribution in [0.25, 0.3) is 0 Å². The molecule has 0 aliphatic heterocycles. The quantitative estimate of drug-likeness (QED) is 0.635. The van der Waals surface area contributed by atoms with Crippen molar-refractivity contribution in [1.82, 2.24) is 5.32 Å². The molecule has 0 bridgehead atoms. The molecule has 0 aromatic heterocycles. The summed E-state index contributed by atoms with van der Waals surface area (Å²) < 4.78 is 0. The molecule has 0 aliphatic carbocycles. The number of benzene rings is 1. The van der Waals surface area contributed by atoms with Crippen LogP contribution in [0.2, 0.25) is 0 Å². The number of aliphatic carboxylic acids is 1. The predicted octanol–water partition coefficient (Wildman–Crippen LogP) is 0.731. The molecule has 1 aromatic carbocycles. The Morgan fingerprint density at radius 2 is 1.94 bits per heavy atom. The molecule has 5 nitrogen and oxygen atoms in total. The molecule has 0 spiro atoms. The first kappa shape index (κ1) is 14.5. The summed E-state index contributed by atoms with van der Waals surface area (Å²) in [7, 11) is 0. The molecule has 18 heavy (non-hydrogen) atoms. The van der Waals surface area contributed by atoms with Gasteiger partial charge in [0.15, 0.2) is 0 Å². The average Bonchev–Trinajstić information content (AvgIpc) is 2.37. The van der Waals surface area contributed by atoms with Gasteiger partial charge in [0.25, 0.3) is 0 Å². The number of carboxylic acids is 1. The fraction of sp³-hybridized carbons (Fsp3) is 0.333. The van der Waals surface area contributed by atoms with Crippen LogP contribution in [0.5, 0.6) is 0 Å². The second-order valence-corrected chi connectivity index (χ2v) is 4.72.